The first-order valence-electron chi connectivity index (χ1n) is 9.57. The van der Waals surface area contributed by atoms with Gasteiger partial charge >= 0.3 is 0 Å². The van der Waals surface area contributed by atoms with Crippen LogP contribution >= 0.6 is 0 Å². The van der Waals surface area contributed by atoms with Gasteiger partial charge in [0.25, 0.3) is 0 Å². The third kappa shape index (κ3) is 7.81. The fraction of sp³-hybridized carbons (Fsp3) is 0.545. The molecule has 0 spiro atoms. The van der Waals surface area contributed by atoms with Gasteiger partial charge in [0, 0.05) is 11.1 Å². The molecule has 27 heavy (non-hydrogen) atoms. The number of hydrogen-bond acceptors (Lipinski definition) is 2. The van der Waals surface area contributed by atoms with Crippen LogP contribution in [0.2, 0.25) is 58.9 Å². The molecular weight excluding hydrogens is 380 g/mol. The van der Waals surface area contributed by atoms with Crippen molar-refractivity contribution in [3.05, 3.63) is 35.4 Å². The van der Waals surface area contributed by atoms with Crippen LogP contribution in [0, 0.1) is 23.3 Å². The number of rotatable bonds is 4. The maximum Gasteiger partial charge on any atom is 0.185 e. The van der Waals surface area contributed by atoms with Crippen LogP contribution in [0.15, 0.2) is 24.3 Å². The minimum atomic E-state index is -1.77. The molecule has 0 aliphatic heterocycles. The van der Waals surface area contributed by atoms with Crippen molar-refractivity contribution in [1.82, 2.24) is 0 Å². The Morgan fingerprint density at radius 3 is 2.00 bits per heavy atom. The molecule has 2 nitrogen and oxygen atoms in total. The highest BCUT2D eigenvalue weighted by atomic mass is 28.4. The summed E-state index contributed by atoms with van der Waals surface area (Å²) >= 11 is 0. The smallest absolute Gasteiger partial charge is 0.185 e. The second-order valence-corrected chi connectivity index (χ2v) is 24.9. The highest BCUT2D eigenvalue weighted by Gasteiger charge is 2.42. The number of aliphatic hydroxyl groups excluding tert-OH is 1. The van der Waals surface area contributed by atoms with E-state index in [0.29, 0.717) is 0 Å². The first kappa shape index (κ1) is 23.9. The SMILES string of the molecule is CC(C#CC(O)c1ccccc1C#C[Si](C)(C)C)(O[Si](C)(C)C)[Si](C)(C)C. The third-order valence-electron chi connectivity index (χ3n) is 4.22. The lowest BCUT2D eigenvalue weighted by Gasteiger charge is -2.41. The van der Waals surface area contributed by atoms with Crippen LogP contribution in [0.3, 0.4) is 0 Å². The summed E-state index contributed by atoms with van der Waals surface area (Å²) in [6.45, 7) is 22.1. The molecule has 2 unspecified atom stereocenters. The summed E-state index contributed by atoms with van der Waals surface area (Å²) < 4.78 is 6.49. The zero-order valence-corrected chi connectivity index (χ0v) is 21.7. The largest absolute Gasteiger partial charge is 0.405 e. The summed E-state index contributed by atoms with van der Waals surface area (Å²) in [6.07, 6.45) is -0.863. The Morgan fingerprint density at radius 2 is 1.52 bits per heavy atom. The van der Waals surface area contributed by atoms with E-state index in [2.05, 4.69) is 89.2 Å². The molecule has 0 aliphatic rings. The van der Waals surface area contributed by atoms with Crippen molar-refractivity contribution in [2.75, 3.05) is 0 Å². The third-order valence-corrected chi connectivity index (χ3v) is 9.41. The van der Waals surface area contributed by atoms with Crippen molar-refractivity contribution in [1.29, 1.82) is 0 Å². The molecule has 1 rings (SSSR count). The van der Waals surface area contributed by atoms with Gasteiger partial charge in [0.05, 0.1) is 8.07 Å². The van der Waals surface area contributed by atoms with Gasteiger partial charge in [0.15, 0.2) is 8.32 Å². The fourth-order valence-electron chi connectivity index (χ4n) is 2.37. The van der Waals surface area contributed by atoms with E-state index < -0.39 is 35.8 Å². The zero-order valence-electron chi connectivity index (χ0n) is 18.7. The van der Waals surface area contributed by atoms with Gasteiger partial charge in [-0.05, 0) is 32.6 Å². The van der Waals surface area contributed by atoms with E-state index in [9.17, 15) is 5.11 Å². The van der Waals surface area contributed by atoms with Crippen LogP contribution in [0.25, 0.3) is 0 Å². The molecule has 1 aromatic carbocycles. The average molecular weight is 417 g/mol. The van der Waals surface area contributed by atoms with Crippen molar-refractivity contribution in [3.63, 3.8) is 0 Å². The maximum atomic E-state index is 10.8. The fourth-order valence-corrected chi connectivity index (χ4v) is 6.74. The molecule has 2 atom stereocenters. The molecule has 0 saturated heterocycles. The minimum absolute atomic E-state index is 0.489. The van der Waals surface area contributed by atoms with Gasteiger partial charge in [0.1, 0.15) is 19.4 Å². The van der Waals surface area contributed by atoms with Crippen LogP contribution in [0.5, 0.6) is 0 Å². The monoisotopic (exact) mass is 416 g/mol. The summed E-state index contributed by atoms with van der Waals surface area (Å²) in [7, 11) is -4.99. The standard InChI is InChI=1S/C22H36O2Si3/c1-22(26(5,6)7,24-27(8,9)10)17-15-21(23)20-14-12-11-13-19(20)16-18-25(2,3)4/h11-14,21,23H,1-10H3. The van der Waals surface area contributed by atoms with Gasteiger partial charge in [-0.1, -0.05) is 75.2 Å². The summed E-state index contributed by atoms with van der Waals surface area (Å²) in [6, 6.07) is 7.76. The van der Waals surface area contributed by atoms with Gasteiger partial charge < -0.3 is 9.53 Å². The number of benzene rings is 1. The van der Waals surface area contributed by atoms with Gasteiger partial charge in [-0.15, -0.1) is 5.54 Å². The normalized spacial score (nSPS) is 15.7. The van der Waals surface area contributed by atoms with Crippen molar-refractivity contribution in [3.8, 4) is 23.3 Å². The van der Waals surface area contributed by atoms with Crippen LogP contribution < -0.4 is 0 Å². The average Bonchev–Trinajstić information content (AvgIpc) is 2.47. The summed E-state index contributed by atoms with van der Waals surface area (Å²) in [5.74, 6) is 9.68. The first-order valence-corrected chi connectivity index (χ1v) is 20.0. The topological polar surface area (TPSA) is 29.5 Å². The molecule has 0 aromatic heterocycles. The van der Waals surface area contributed by atoms with Gasteiger partial charge in [-0.2, -0.15) is 0 Å². The summed E-state index contributed by atoms with van der Waals surface area (Å²) in [5.41, 5.74) is 5.02. The van der Waals surface area contributed by atoms with E-state index in [1.807, 2.05) is 24.3 Å². The summed E-state index contributed by atoms with van der Waals surface area (Å²) in [5, 5.41) is 10.3. The minimum Gasteiger partial charge on any atom is -0.405 e. The highest BCUT2D eigenvalue weighted by molar-refractivity contribution is 6.84. The second kappa shape index (κ2) is 8.51. The zero-order chi connectivity index (χ0) is 21.1. The van der Waals surface area contributed by atoms with Crippen molar-refractivity contribution < 1.29 is 9.53 Å². The Bertz CT molecular complexity index is 774. The van der Waals surface area contributed by atoms with E-state index in [0.717, 1.165) is 11.1 Å². The lowest BCUT2D eigenvalue weighted by Crippen LogP contribution is -2.55. The van der Waals surface area contributed by atoms with Gasteiger partial charge in [-0.25, -0.2) is 0 Å². The molecule has 148 valence electrons. The summed E-state index contributed by atoms with van der Waals surface area (Å²) in [4.78, 5) is 0. The molecule has 1 aromatic rings. The Labute approximate surface area is 169 Å². The quantitative estimate of drug-likeness (QED) is 0.523. The lowest BCUT2D eigenvalue weighted by atomic mass is 10.0. The molecular formula is C22H36O2Si3. The van der Waals surface area contributed by atoms with E-state index in [4.69, 9.17) is 4.43 Å². The van der Waals surface area contributed by atoms with Crippen LogP contribution in [-0.4, -0.2) is 34.8 Å². The lowest BCUT2D eigenvalue weighted by molar-refractivity contribution is 0.212. The van der Waals surface area contributed by atoms with Crippen LogP contribution in [-0.2, 0) is 4.43 Å². The molecule has 0 saturated carbocycles. The predicted molar refractivity (Wildman–Crippen MR) is 126 cm³/mol. The second-order valence-electron chi connectivity index (χ2n) is 10.3. The van der Waals surface area contributed by atoms with E-state index >= 15 is 0 Å². The molecule has 0 bridgehead atoms. The first-order chi connectivity index (χ1) is 12.0. The van der Waals surface area contributed by atoms with Crippen LogP contribution in [0.1, 0.15) is 24.2 Å². The van der Waals surface area contributed by atoms with E-state index in [-0.39, 0.29) is 0 Å². The molecule has 0 aliphatic carbocycles. The van der Waals surface area contributed by atoms with Gasteiger partial charge in [-0.3, -0.25) is 0 Å². The predicted octanol–water partition coefficient (Wildman–Crippen LogP) is 5.44. The van der Waals surface area contributed by atoms with Crippen molar-refractivity contribution >= 4 is 24.5 Å². The Hall–Kier alpha value is -1.09. The molecule has 1 N–H and O–H groups in total. The molecule has 0 heterocycles. The number of hydrogen-bond donors (Lipinski definition) is 1. The Kier molecular flexibility index (Phi) is 7.55. The van der Waals surface area contributed by atoms with Crippen molar-refractivity contribution in [2.45, 2.75) is 77.2 Å². The van der Waals surface area contributed by atoms with Crippen LogP contribution in [0.4, 0.5) is 0 Å². The van der Waals surface area contributed by atoms with Gasteiger partial charge in [0.2, 0.25) is 0 Å². The maximum absolute atomic E-state index is 10.8. The Morgan fingerprint density at radius 1 is 0.963 bits per heavy atom. The molecule has 0 fully saturated rings. The number of aliphatic hydroxyl groups is 1. The highest BCUT2D eigenvalue weighted by Crippen LogP contribution is 2.28. The van der Waals surface area contributed by atoms with E-state index in [1.165, 1.54) is 0 Å². The van der Waals surface area contributed by atoms with Crippen molar-refractivity contribution in [2.24, 2.45) is 0 Å². The molecule has 0 radical (unpaired) electrons. The molecule has 5 heteroatoms. The molecule has 0 amide bonds. The van der Waals surface area contributed by atoms with E-state index in [1.54, 1.807) is 0 Å². The Balaban J connectivity index is 3.29.